The topological polar surface area (TPSA) is 95.4 Å². The van der Waals surface area contributed by atoms with Crippen LogP contribution < -0.4 is 0 Å². The van der Waals surface area contributed by atoms with Gasteiger partial charge in [0.25, 0.3) is 0 Å². The molecule has 1 fully saturated rings. The Labute approximate surface area is 125 Å². The zero-order valence-electron chi connectivity index (χ0n) is 11.4. The standard InChI is InChI=1S/C13H14N4O3S/c1-2-20-13(19)17-10(11(18)15-16-14)8-21-12(17)9-6-4-3-5-7-9/h3-7,10,12H,2,8H2,1H3/t10-,12+/m0/s1. The Bertz CT molecular complexity index is 574. The van der Waals surface area contributed by atoms with E-state index in [9.17, 15) is 9.59 Å². The van der Waals surface area contributed by atoms with E-state index >= 15 is 0 Å². The molecule has 2 atom stereocenters. The number of ether oxygens (including phenoxy) is 1. The molecule has 0 N–H and O–H groups in total. The maximum absolute atomic E-state index is 12.2. The molecule has 1 aliphatic heterocycles. The van der Waals surface area contributed by atoms with Crippen molar-refractivity contribution in [3.63, 3.8) is 0 Å². The Kier molecular flexibility index (Phi) is 5.08. The number of rotatable bonds is 3. The smallest absolute Gasteiger partial charge is 0.411 e. The molecular formula is C13H14N4O3S. The molecule has 0 radical (unpaired) electrons. The molecular weight excluding hydrogens is 292 g/mol. The Morgan fingerprint density at radius 3 is 2.81 bits per heavy atom. The van der Waals surface area contributed by atoms with Crippen LogP contribution in [-0.4, -0.2) is 35.3 Å². The molecule has 0 aliphatic carbocycles. The van der Waals surface area contributed by atoms with E-state index in [1.807, 2.05) is 30.3 Å². The van der Waals surface area contributed by atoms with Crippen molar-refractivity contribution < 1.29 is 14.3 Å². The minimum Gasteiger partial charge on any atom is -0.450 e. The minimum absolute atomic E-state index is 0.212. The number of nitrogens with zero attached hydrogens (tertiary/aromatic N) is 4. The summed E-state index contributed by atoms with van der Waals surface area (Å²) in [5.74, 6) is -0.299. The van der Waals surface area contributed by atoms with E-state index in [1.165, 1.54) is 16.7 Å². The van der Waals surface area contributed by atoms with Crippen LogP contribution in [0.25, 0.3) is 10.4 Å². The molecule has 7 nitrogen and oxygen atoms in total. The number of carbonyl (C=O) groups excluding carboxylic acids is 2. The lowest BCUT2D eigenvalue weighted by Gasteiger charge is -2.27. The van der Waals surface area contributed by atoms with E-state index in [2.05, 4.69) is 10.0 Å². The highest BCUT2D eigenvalue weighted by molar-refractivity contribution is 7.99. The number of azide groups is 1. The fourth-order valence-electron chi connectivity index (χ4n) is 2.10. The van der Waals surface area contributed by atoms with Gasteiger partial charge in [0.2, 0.25) is 5.91 Å². The zero-order chi connectivity index (χ0) is 15.2. The van der Waals surface area contributed by atoms with Crippen LogP contribution >= 0.6 is 11.8 Å². The molecule has 1 heterocycles. The van der Waals surface area contributed by atoms with Gasteiger partial charge in [-0.15, -0.1) is 11.8 Å². The first-order valence-electron chi connectivity index (χ1n) is 6.39. The quantitative estimate of drug-likeness (QED) is 0.487. The number of amides is 2. The molecule has 1 aromatic carbocycles. The van der Waals surface area contributed by atoms with Crippen LogP contribution in [0.2, 0.25) is 0 Å². The summed E-state index contributed by atoms with van der Waals surface area (Å²) in [6.45, 7) is 1.91. The Morgan fingerprint density at radius 2 is 2.19 bits per heavy atom. The lowest BCUT2D eigenvalue weighted by Crippen LogP contribution is -2.42. The van der Waals surface area contributed by atoms with Gasteiger partial charge >= 0.3 is 6.09 Å². The predicted molar refractivity (Wildman–Crippen MR) is 78.4 cm³/mol. The van der Waals surface area contributed by atoms with Gasteiger partial charge in [-0.2, -0.15) is 0 Å². The van der Waals surface area contributed by atoms with Crippen molar-refractivity contribution in [2.24, 2.45) is 5.11 Å². The molecule has 8 heteroatoms. The van der Waals surface area contributed by atoms with Crippen LogP contribution in [0.3, 0.4) is 0 Å². The van der Waals surface area contributed by atoms with Crippen molar-refractivity contribution >= 4 is 23.8 Å². The number of carbonyl (C=O) groups is 2. The highest BCUT2D eigenvalue weighted by Gasteiger charge is 2.42. The van der Waals surface area contributed by atoms with E-state index in [0.29, 0.717) is 5.75 Å². The molecule has 2 amide bonds. The third-order valence-electron chi connectivity index (χ3n) is 2.99. The van der Waals surface area contributed by atoms with Gasteiger partial charge in [0.15, 0.2) is 0 Å². The maximum Gasteiger partial charge on any atom is 0.411 e. The summed E-state index contributed by atoms with van der Waals surface area (Å²) >= 11 is 1.44. The summed E-state index contributed by atoms with van der Waals surface area (Å²) in [6, 6.07) is 8.56. The second-order valence-electron chi connectivity index (χ2n) is 4.25. The number of benzene rings is 1. The van der Waals surface area contributed by atoms with E-state index < -0.39 is 18.0 Å². The molecule has 0 saturated carbocycles. The van der Waals surface area contributed by atoms with Gasteiger partial charge in [0, 0.05) is 10.7 Å². The van der Waals surface area contributed by atoms with Gasteiger partial charge in [-0.05, 0) is 23.1 Å². The first-order valence-corrected chi connectivity index (χ1v) is 7.44. The van der Waals surface area contributed by atoms with Gasteiger partial charge in [0.05, 0.1) is 6.61 Å². The SMILES string of the molecule is CCOC(=O)N1[C@@H](c2ccccc2)SC[C@H]1C(=O)N=[N+]=[N-]. The van der Waals surface area contributed by atoms with E-state index in [0.717, 1.165) is 5.56 Å². The van der Waals surface area contributed by atoms with Crippen LogP contribution in [0, 0.1) is 0 Å². The maximum atomic E-state index is 12.2. The van der Waals surface area contributed by atoms with Crippen molar-refractivity contribution in [3.05, 3.63) is 46.3 Å². The molecule has 1 aromatic rings. The summed E-state index contributed by atoms with van der Waals surface area (Å²) in [4.78, 5) is 27.9. The Hall–Kier alpha value is -2.18. The minimum atomic E-state index is -0.796. The summed E-state index contributed by atoms with van der Waals surface area (Å²) in [7, 11) is 0. The molecule has 0 bridgehead atoms. The van der Waals surface area contributed by atoms with Crippen molar-refractivity contribution in [1.82, 2.24) is 4.90 Å². The van der Waals surface area contributed by atoms with Crippen molar-refractivity contribution in [2.45, 2.75) is 18.3 Å². The summed E-state index contributed by atoms with van der Waals surface area (Å²) in [6.07, 6.45) is -0.581. The van der Waals surface area contributed by atoms with E-state index in [4.69, 9.17) is 10.3 Å². The number of hydrogen-bond donors (Lipinski definition) is 0. The first kappa shape index (κ1) is 15.2. The second-order valence-corrected chi connectivity index (χ2v) is 5.36. The average molecular weight is 306 g/mol. The molecule has 1 aliphatic rings. The van der Waals surface area contributed by atoms with Crippen molar-refractivity contribution in [2.75, 3.05) is 12.4 Å². The largest absolute Gasteiger partial charge is 0.450 e. The lowest BCUT2D eigenvalue weighted by atomic mass is 10.2. The molecule has 0 spiro atoms. The van der Waals surface area contributed by atoms with E-state index in [-0.39, 0.29) is 12.0 Å². The normalized spacial score (nSPS) is 20.7. The van der Waals surface area contributed by atoms with Gasteiger partial charge in [-0.1, -0.05) is 30.3 Å². The summed E-state index contributed by atoms with van der Waals surface area (Å²) in [5.41, 5.74) is 9.30. The summed E-state index contributed by atoms with van der Waals surface area (Å²) in [5, 5.41) is 2.78. The number of thioether (sulfide) groups is 1. The Morgan fingerprint density at radius 1 is 1.48 bits per heavy atom. The summed E-state index contributed by atoms with van der Waals surface area (Å²) < 4.78 is 5.02. The lowest BCUT2D eigenvalue weighted by molar-refractivity contribution is -0.121. The molecule has 110 valence electrons. The van der Waals surface area contributed by atoms with Crippen LogP contribution in [0.1, 0.15) is 17.9 Å². The molecule has 0 unspecified atom stereocenters. The Balaban J connectivity index is 2.31. The molecule has 1 saturated heterocycles. The van der Waals surface area contributed by atoms with Crippen molar-refractivity contribution in [1.29, 1.82) is 0 Å². The third kappa shape index (κ3) is 3.29. The zero-order valence-corrected chi connectivity index (χ0v) is 12.2. The van der Waals surface area contributed by atoms with Crippen LogP contribution in [-0.2, 0) is 9.53 Å². The van der Waals surface area contributed by atoms with Crippen LogP contribution in [0.5, 0.6) is 0 Å². The third-order valence-corrected chi connectivity index (χ3v) is 4.32. The average Bonchev–Trinajstić information content (AvgIpc) is 2.93. The van der Waals surface area contributed by atoms with Gasteiger partial charge < -0.3 is 4.74 Å². The van der Waals surface area contributed by atoms with Crippen LogP contribution in [0.15, 0.2) is 35.4 Å². The van der Waals surface area contributed by atoms with Gasteiger partial charge in [0.1, 0.15) is 11.4 Å². The highest BCUT2D eigenvalue weighted by Crippen LogP contribution is 2.41. The second kappa shape index (κ2) is 7.01. The van der Waals surface area contributed by atoms with E-state index in [1.54, 1.807) is 6.92 Å². The highest BCUT2D eigenvalue weighted by atomic mass is 32.2. The fraction of sp³-hybridized carbons (Fsp3) is 0.385. The fourth-order valence-corrected chi connectivity index (χ4v) is 3.51. The van der Waals surface area contributed by atoms with Gasteiger partial charge in [-0.3, -0.25) is 9.69 Å². The predicted octanol–water partition coefficient (Wildman–Crippen LogP) is 3.10. The monoisotopic (exact) mass is 306 g/mol. The number of hydrogen-bond acceptors (Lipinski definition) is 4. The molecule has 2 rings (SSSR count). The first-order chi connectivity index (χ1) is 10.2. The van der Waals surface area contributed by atoms with Crippen molar-refractivity contribution in [3.8, 4) is 0 Å². The van der Waals surface area contributed by atoms with Gasteiger partial charge in [-0.25, -0.2) is 4.79 Å². The molecule has 0 aromatic heterocycles. The molecule has 21 heavy (non-hydrogen) atoms. The van der Waals surface area contributed by atoms with Crippen LogP contribution in [0.4, 0.5) is 4.79 Å².